The minimum atomic E-state index is -3.09. The van der Waals surface area contributed by atoms with Gasteiger partial charge in [0.2, 0.25) is 0 Å². The van der Waals surface area contributed by atoms with Crippen LogP contribution < -0.4 is 5.32 Å². The molecule has 0 saturated heterocycles. The van der Waals surface area contributed by atoms with E-state index in [-0.39, 0.29) is 11.7 Å². The zero-order valence-electron chi connectivity index (χ0n) is 13.2. The molecule has 1 amide bonds. The Labute approximate surface area is 139 Å². The first-order valence-corrected chi connectivity index (χ1v) is 9.27. The molecule has 0 radical (unpaired) electrons. The van der Waals surface area contributed by atoms with Gasteiger partial charge < -0.3 is 5.32 Å². The summed E-state index contributed by atoms with van der Waals surface area (Å²) in [7, 11) is -3.09. The second-order valence-electron chi connectivity index (χ2n) is 5.60. The number of aryl methyl sites for hydroxylation is 1. The lowest BCUT2D eigenvalue weighted by atomic mass is 10.1. The molecule has 0 saturated carbocycles. The number of benzene rings is 1. The molecule has 1 N–H and O–H groups in total. The summed E-state index contributed by atoms with van der Waals surface area (Å²) in [5.41, 5.74) is 2.39. The van der Waals surface area contributed by atoms with Gasteiger partial charge in [-0.15, -0.1) is 0 Å². The molecule has 1 aromatic carbocycles. The molecular formula is C16H16N4O3S. The van der Waals surface area contributed by atoms with Crippen molar-refractivity contribution in [3.63, 3.8) is 0 Å². The maximum atomic E-state index is 12.3. The van der Waals surface area contributed by atoms with Crippen molar-refractivity contribution in [3.8, 4) is 0 Å². The van der Waals surface area contributed by atoms with E-state index in [1.807, 2.05) is 0 Å². The van der Waals surface area contributed by atoms with Crippen molar-refractivity contribution in [2.24, 2.45) is 0 Å². The number of hydrogen-bond donors (Lipinski definition) is 1. The molecule has 0 atom stereocenters. The number of carbonyl (C=O) groups excluding carboxylic acids is 1. The Bertz CT molecular complexity index is 1010. The quantitative estimate of drug-likeness (QED) is 0.779. The van der Waals surface area contributed by atoms with Gasteiger partial charge in [0.05, 0.1) is 17.6 Å². The van der Waals surface area contributed by atoms with Crippen LogP contribution in [0.3, 0.4) is 0 Å². The minimum absolute atomic E-state index is 0.0444. The number of anilines is 1. The molecule has 0 aliphatic rings. The summed E-state index contributed by atoms with van der Waals surface area (Å²) in [6.07, 6.45) is 2.86. The van der Waals surface area contributed by atoms with Crippen LogP contribution in [0.1, 0.15) is 21.7 Å². The van der Waals surface area contributed by atoms with Crippen LogP contribution in [0.4, 0.5) is 5.69 Å². The smallest absolute Gasteiger partial charge is 0.255 e. The van der Waals surface area contributed by atoms with Crippen molar-refractivity contribution >= 4 is 27.1 Å². The van der Waals surface area contributed by atoms with E-state index in [4.69, 9.17) is 0 Å². The van der Waals surface area contributed by atoms with E-state index in [1.165, 1.54) is 6.26 Å². The second-order valence-corrected chi connectivity index (χ2v) is 7.74. The Hall–Kier alpha value is -2.74. The standard InChI is InChI=1S/C16H16N4O3S/c1-11-17-15-8-7-14(9-20(15)19-11)18-16(21)13-5-3-12(4-6-13)10-24(2,22)23/h3-9H,10H2,1-2H3,(H,18,21). The largest absolute Gasteiger partial charge is 0.321 e. The van der Waals surface area contributed by atoms with Gasteiger partial charge in [0.15, 0.2) is 15.5 Å². The van der Waals surface area contributed by atoms with E-state index in [0.29, 0.717) is 28.3 Å². The number of nitrogens with one attached hydrogen (secondary N) is 1. The van der Waals surface area contributed by atoms with Crippen LogP contribution in [0.5, 0.6) is 0 Å². The van der Waals surface area contributed by atoms with Crippen LogP contribution >= 0.6 is 0 Å². The molecule has 8 heteroatoms. The van der Waals surface area contributed by atoms with E-state index in [0.717, 1.165) is 0 Å². The van der Waals surface area contributed by atoms with Crippen LogP contribution in [-0.4, -0.2) is 35.2 Å². The second kappa shape index (κ2) is 6.04. The molecule has 0 aliphatic carbocycles. The van der Waals surface area contributed by atoms with E-state index < -0.39 is 9.84 Å². The van der Waals surface area contributed by atoms with Gasteiger partial charge in [0.25, 0.3) is 5.91 Å². The molecule has 2 heterocycles. The lowest BCUT2D eigenvalue weighted by Gasteiger charge is -2.06. The van der Waals surface area contributed by atoms with Gasteiger partial charge in [-0.1, -0.05) is 12.1 Å². The first-order chi connectivity index (χ1) is 11.3. The van der Waals surface area contributed by atoms with Crippen molar-refractivity contribution in [3.05, 3.63) is 59.5 Å². The third kappa shape index (κ3) is 3.77. The predicted molar refractivity (Wildman–Crippen MR) is 90.7 cm³/mol. The van der Waals surface area contributed by atoms with Crippen LogP contribution in [0, 0.1) is 6.92 Å². The van der Waals surface area contributed by atoms with Crippen LogP contribution in [0.15, 0.2) is 42.6 Å². The number of rotatable bonds is 4. The molecule has 0 bridgehead atoms. The normalized spacial score (nSPS) is 11.6. The van der Waals surface area contributed by atoms with Gasteiger partial charge in [-0.25, -0.2) is 17.9 Å². The molecule has 0 aliphatic heterocycles. The highest BCUT2D eigenvalue weighted by Gasteiger charge is 2.09. The first kappa shape index (κ1) is 16.1. The molecule has 3 aromatic rings. The van der Waals surface area contributed by atoms with Gasteiger partial charge >= 0.3 is 0 Å². The zero-order valence-corrected chi connectivity index (χ0v) is 14.0. The van der Waals surface area contributed by atoms with E-state index in [2.05, 4.69) is 15.4 Å². The number of hydrogen-bond acceptors (Lipinski definition) is 5. The maximum absolute atomic E-state index is 12.3. The number of aromatic nitrogens is 3. The van der Waals surface area contributed by atoms with Gasteiger partial charge in [0.1, 0.15) is 5.82 Å². The number of nitrogens with zero attached hydrogens (tertiary/aromatic N) is 3. The highest BCUT2D eigenvalue weighted by molar-refractivity contribution is 7.89. The van der Waals surface area contributed by atoms with E-state index in [9.17, 15) is 13.2 Å². The van der Waals surface area contributed by atoms with Gasteiger partial charge in [-0.3, -0.25) is 4.79 Å². The molecule has 7 nitrogen and oxygen atoms in total. The summed E-state index contributed by atoms with van der Waals surface area (Å²) >= 11 is 0. The molecule has 124 valence electrons. The SMILES string of the molecule is Cc1nc2ccc(NC(=O)c3ccc(CS(C)(=O)=O)cc3)cn2n1. The average molecular weight is 344 g/mol. The monoisotopic (exact) mass is 344 g/mol. The number of sulfone groups is 1. The van der Waals surface area contributed by atoms with Crippen LogP contribution in [0.25, 0.3) is 5.65 Å². The summed E-state index contributed by atoms with van der Waals surface area (Å²) in [4.78, 5) is 16.5. The summed E-state index contributed by atoms with van der Waals surface area (Å²) in [6, 6.07) is 10.0. The Morgan fingerprint density at radius 1 is 1.17 bits per heavy atom. The molecular weight excluding hydrogens is 328 g/mol. The van der Waals surface area contributed by atoms with Crippen LogP contribution in [-0.2, 0) is 15.6 Å². The molecule has 3 rings (SSSR count). The number of pyridine rings is 1. The molecule has 0 fully saturated rings. The Morgan fingerprint density at radius 3 is 2.54 bits per heavy atom. The van der Waals surface area contributed by atoms with E-state index in [1.54, 1.807) is 54.0 Å². The van der Waals surface area contributed by atoms with Crippen molar-refractivity contribution in [1.82, 2.24) is 14.6 Å². The van der Waals surface area contributed by atoms with Crippen molar-refractivity contribution in [2.75, 3.05) is 11.6 Å². The number of fused-ring (bicyclic) bond motifs is 1. The summed E-state index contributed by atoms with van der Waals surface area (Å²) in [6.45, 7) is 1.79. The minimum Gasteiger partial charge on any atom is -0.321 e. The zero-order chi connectivity index (χ0) is 17.3. The third-order valence-electron chi connectivity index (χ3n) is 3.34. The fourth-order valence-corrected chi connectivity index (χ4v) is 3.12. The van der Waals surface area contributed by atoms with Gasteiger partial charge in [-0.2, -0.15) is 5.10 Å². The fraction of sp³-hybridized carbons (Fsp3) is 0.188. The van der Waals surface area contributed by atoms with Gasteiger partial charge in [0, 0.05) is 11.8 Å². The topological polar surface area (TPSA) is 93.4 Å². The summed E-state index contributed by atoms with van der Waals surface area (Å²) in [5, 5.41) is 6.98. The van der Waals surface area contributed by atoms with Crippen molar-refractivity contribution in [2.45, 2.75) is 12.7 Å². The molecule has 0 spiro atoms. The Balaban J connectivity index is 1.75. The fourth-order valence-electron chi connectivity index (χ4n) is 2.33. The van der Waals surface area contributed by atoms with Crippen molar-refractivity contribution < 1.29 is 13.2 Å². The number of carbonyl (C=O) groups is 1. The summed E-state index contributed by atoms with van der Waals surface area (Å²) < 4.78 is 24.2. The van der Waals surface area contributed by atoms with Crippen molar-refractivity contribution in [1.29, 1.82) is 0 Å². The van der Waals surface area contributed by atoms with Gasteiger partial charge in [-0.05, 0) is 36.8 Å². The molecule has 2 aromatic heterocycles. The van der Waals surface area contributed by atoms with Crippen LogP contribution in [0.2, 0.25) is 0 Å². The molecule has 0 unspecified atom stereocenters. The Kier molecular flexibility index (Phi) is 4.06. The third-order valence-corrected chi connectivity index (χ3v) is 4.20. The van der Waals surface area contributed by atoms with E-state index >= 15 is 0 Å². The predicted octanol–water partition coefficient (Wildman–Crippen LogP) is 1.83. The maximum Gasteiger partial charge on any atom is 0.255 e. The number of amides is 1. The first-order valence-electron chi connectivity index (χ1n) is 7.21. The molecule has 24 heavy (non-hydrogen) atoms. The lowest BCUT2D eigenvalue weighted by molar-refractivity contribution is 0.102. The highest BCUT2D eigenvalue weighted by atomic mass is 32.2. The highest BCUT2D eigenvalue weighted by Crippen LogP contribution is 2.13. The lowest BCUT2D eigenvalue weighted by Crippen LogP contribution is -2.12. The Morgan fingerprint density at radius 2 is 1.88 bits per heavy atom. The average Bonchev–Trinajstić information content (AvgIpc) is 2.85. The summed E-state index contributed by atoms with van der Waals surface area (Å²) in [5.74, 6) is 0.328.